The van der Waals surface area contributed by atoms with E-state index in [1.165, 1.54) is 5.56 Å². The van der Waals surface area contributed by atoms with Gasteiger partial charge in [-0.25, -0.2) is 4.98 Å². The molecule has 0 saturated carbocycles. The van der Waals surface area contributed by atoms with Crippen LogP contribution >= 0.6 is 23.2 Å². The first-order chi connectivity index (χ1) is 12.7. The van der Waals surface area contributed by atoms with Crippen molar-refractivity contribution in [1.29, 1.82) is 0 Å². The van der Waals surface area contributed by atoms with E-state index in [9.17, 15) is 0 Å². The number of rotatable bonds is 9. The highest BCUT2D eigenvalue weighted by Gasteiger charge is 2.06. The van der Waals surface area contributed by atoms with Gasteiger partial charge in [0.25, 0.3) is 0 Å². The maximum absolute atomic E-state index is 6.18. The Bertz CT molecular complexity index is 801. The fourth-order valence-electron chi connectivity index (χ4n) is 2.61. The van der Waals surface area contributed by atoms with Crippen molar-refractivity contribution in [3.63, 3.8) is 0 Å². The molecule has 0 aliphatic carbocycles. The molecule has 0 saturated heterocycles. The highest BCUT2D eigenvalue weighted by molar-refractivity contribution is 6.35. The Morgan fingerprint density at radius 3 is 2.65 bits per heavy atom. The Hall–Kier alpha value is -2.01. The van der Waals surface area contributed by atoms with Crippen LogP contribution in [0.4, 0.5) is 0 Å². The van der Waals surface area contributed by atoms with Crippen LogP contribution in [0.3, 0.4) is 0 Å². The predicted octanol–water partition coefficient (Wildman–Crippen LogP) is 4.95. The molecule has 0 fully saturated rings. The van der Waals surface area contributed by atoms with E-state index in [1.807, 2.05) is 48.9 Å². The van der Waals surface area contributed by atoms with Crippen molar-refractivity contribution >= 4 is 23.2 Å². The third kappa shape index (κ3) is 5.49. The van der Waals surface area contributed by atoms with Crippen LogP contribution in [-0.2, 0) is 19.7 Å². The molecular weight excluding hydrogens is 369 g/mol. The van der Waals surface area contributed by atoms with Crippen LogP contribution in [0, 0.1) is 0 Å². The highest BCUT2D eigenvalue weighted by Crippen LogP contribution is 2.26. The maximum Gasteiger partial charge on any atom is 0.120 e. The van der Waals surface area contributed by atoms with E-state index in [4.69, 9.17) is 27.9 Å². The number of aryl methyl sites for hydroxylation is 1. The summed E-state index contributed by atoms with van der Waals surface area (Å²) in [6.07, 6.45) is 6.67. The summed E-state index contributed by atoms with van der Waals surface area (Å²) in [5.41, 5.74) is 1.98. The lowest BCUT2D eigenvalue weighted by atomic mass is 10.2. The molecule has 2 aromatic carbocycles. The minimum atomic E-state index is 0.348. The molecule has 0 aliphatic heterocycles. The second-order valence-corrected chi connectivity index (χ2v) is 6.78. The van der Waals surface area contributed by atoms with Gasteiger partial charge >= 0.3 is 0 Å². The largest absolute Gasteiger partial charge is 0.489 e. The van der Waals surface area contributed by atoms with Crippen molar-refractivity contribution in [1.82, 2.24) is 14.9 Å². The minimum Gasteiger partial charge on any atom is -0.489 e. The van der Waals surface area contributed by atoms with E-state index in [0.717, 1.165) is 37.4 Å². The van der Waals surface area contributed by atoms with Crippen LogP contribution in [-0.4, -0.2) is 16.1 Å². The first kappa shape index (κ1) is 18.8. The second-order valence-electron chi connectivity index (χ2n) is 5.97. The van der Waals surface area contributed by atoms with Crippen molar-refractivity contribution in [3.8, 4) is 5.75 Å². The number of imidazole rings is 1. The predicted molar refractivity (Wildman–Crippen MR) is 106 cm³/mol. The summed E-state index contributed by atoms with van der Waals surface area (Å²) in [6, 6.07) is 13.5. The maximum atomic E-state index is 6.18. The van der Waals surface area contributed by atoms with Crippen LogP contribution in [0.25, 0.3) is 0 Å². The smallest absolute Gasteiger partial charge is 0.120 e. The summed E-state index contributed by atoms with van der Waals surface area (Å²) in [6.45, 7) is 3.06. The van der Waals surface area contributed by atoms with Gasteiger partial charge in [-0.15, -0.1) is 0 Å². The van der Waals surface area contributed by atoms with Gasteiger partial charge in [-0.05, 0) is 42.8 Å². The molecule has 1 N–H and O–H groups in total. The SMILES string of the molecule is Clc1cccc(Cl)c1COc1cccc(CNCCCn2ccnc2)c1. The Morgan fingerprint density at radius 2 is 1.88 bits per heavy atom. The molecule has 0 radical (unpaired) electrons. The second kappa shape index (κ2) is 9.62. The van der Waals surface area contributed by atoms with Crippen molar-refractivity contribution < 1.29 is 4.74 Å². The van der Waals surface area contributed by atoms with E-state index < -0.39 is 0 Å². The highest BCUT2D eigenvalue weighted by atomic mass is 35.5. The van der Waals surface area contributed by atoms with E-state index in [2.05, 4.69) is 20.9 Å². The zero-order valence-corrected chi connectivity index (χ0v) is 15.9. The normalized spacial score (nSPS) is 10.8. The average Bonchev–Trinajstić information content (AvgIpc) is 3.15. The fraction of sp³-hybridized carbons (Fsp3) is 0.250. The number of nitrogens with zero attached hydrogens (tertiary/aromatic N) is 2. The molecule has 0 aliphatic rings. The lowest BCUT2D eigenvalue weighted by molar-refractivity contribution is 0.306. The quantitative estimate of drug-likeness (QED) is 0.526. The number of aromatic nitrogens is 2. The van der Waals surface area contributed by atoms with E-state index in [0.29, 0.717) is 16.7 Å². The molecule has 0 bridgehead atoms. The number of nitrogens with one attached hydrogen (secondary N) is 1. The molecule has 1 aromatic heterocycles. The van der Waals surface area contributed by atoms with Gasteiger partial charge in [0, 0.05) is 41.1 Å². The van der Waals surface area contributed by atoms with Crippen molar-refractivity contribution in [2.24, 2.45) is 0 Å². The molecule has 0 spiro atoms. The molecule has 3 rings (SSSR count). The van der Waals surface area contributed by atoms with Gasteiger partial charge in [-0.2, -0.15) is 0 Å². The molecule has 0 unspecified atom stereocenters. The molecular formula is C20H21Cl2N3O. The molecule has 136 valence electrons. The summed E-state index contributed by atoms with van der Waals surface area (Å²) in [5.74, 6) is 0.804. The first-order valence-electron chi connectivity index (χ1n) is 8.53. The molecule has 3 aromatic rings. The first-order valence-corrected chi connectivity index (χ1v) is 9.29. The molecule has 4 nitrogen and oxygen atoms in total. The van der Waals surface area contributed by atoms with Crippen molar-refractivity contribution in [2.75, 3.05) is 6.54 Å². The van der Waals surface area contributed by atoms with Gasteiger partial charge in [0.15, 0.2) is 0 Å². The third-order valence-corrected chi connectivity index (χ3v) is 4.71. The molecule has 0 amide bonds. The Labute approximate surface area is 163 Å². The van der Waals surface area contributed by atoms with E-state index >= 15 is 0 Å². The van der Waals surface area contributed by atoms with Gasteiger partial charge < -0.3 is 14.6 Å². The molecule has 26 heavy (non-hydrogen) atoms. The van der Waals surface area contributed by atoms with E-state index in [1.54, 1.807) is 6.20 Å². The molecule has 1 heterocycles. The van der Waals surface area contributed by atoms with Crippen molar-refractivity contribution in [2.45, 2.75) is 26.1 Å². The Balaban J connectivity index is 1.45. The molecule has 0 atom stereocenters. The van der Waals surface area contributed by atoms with Crippen molar-refractivity contribution in [3.05, 3.63) is 82.4 Å². The van der Waals surface area contributed by atoms with Gasteiger partial charge in [0.1, 0.15) is 12.4 Å². The Kier molecular flexibility index (Phi) is 6.95. The minimum absolute atomic E-state index is 0.348. The van der Waals surface area contributed by atoms with Crippen LogP contribution in [0.1, 0.15) is 17.5 Å². The number of hydrogen-bond donors (Lipinski definition) is 1. The number of ether oxygens (including phenoxy) is 1. The zero-order chi connectivity index (χ0) is 18.2. The number of benzene rings is 2. The van der Waals surface area contributed by atoms with Gasteiger partial charge in [-0.1, -0.05) is 41.4 Å². The monoisotopic (exact) mass is 389 g/mol. The summed E-state index contributed by atoms with van der Waals surface area (Å²) in [7, 11) is 0. The summed E-state index contributed by atoms with van der Waals surface area (Å²) < 4.78 is 7.94. The number of hydrogen-bond acceptors (Lipinski definition) is 3. The standard InChI is InChI=1S/C20H21Cl2N3O/c21-19-6-2-7-20(22)18(19)14-26-17-5-1-4-16(12-17)13-23-8-3-10-25-11-9-24-15-25/h1-2,4-7,9,11-12,15,23H,3,8,10,13-14H2. The lowest BCUT2D eigenvalue weighted by Crippen LogP contribution is -2.16. The fourth-order valence-corrected chi connectivity index (χ4v) is 3.12. The van der Waals surface area contributed by atoms with Crippen LogP contribution in [0.15, 0.2) is 61.2 Å². The number of halogens is 2. The zero-order valence-electron chi connectivity index (χ0n) is 14.4. The summed E-state index contributed by atoms with van der Waals surface area (Å²) >= 11 is 12.4. The average molecular weight is 390 g/mol. The van der Waals surface area contributed by atoms with Crippen LogP contribution in [0.2, 0.25) is 10.0 Å². The topological polar surface area (TPSA) is 39.1 Å². The van der Waals surface area contributed by atoms with E-state index in [-0.39, 0.29) is 0 Å². The third-order valence-electron chi connectivity index (χ3n) is 4.00. The summed E-state index contributed by atoms with van der Waals surface area (Å²) in [5, 5.41) is 4.69. The van der Waals surface area contributed by atoms with Crippen LogP contribution in [0.5, 0.6) is 5.75 Å². The van der Waals surface area contributed by atoms with Gasteiger partial charge in [-0.3, -0.25) is 0 Å². The van der Waals surface area contributed by atoms with Gasteiger partial charge in [0.05, 0.1) is 6.33 Å². The summed E-state index contributed by atoms with van der Waals surface area (Å²) in [4.78, 5) is 4.04. The van der Waals surface area contributed by atoms with Crippen LogP contribution < -0.4 is 10.1 Å². The molecule has 6 heteroatoms. The van der Waals surface area contributed by atoms with Gasteiger partial charge in [0.2, 0.25) is 0 Å². The Morgan fingerprint density at radius 1 is 1.08 bits per heavy atom. The lowest BCUT2D eigenvalue weighted by Gasteiger charge is -2.11.